The summed E-state index contributed by atoms with van der Waals surface area (Å²) in [4.78, 5) is -0.0955. The van der Waals surface area contributed by atoms with Crippen LogP contribution in [0, 0.1) is 0 Å². The van der Waals surface area contributed by atoms with Gasteiger partial charge in [-0.05, 0) is 12.1 Å². The van der Waals surface area contributed by atoms with E-state index in [0.29, 0.717) is 0 Å². The first-order valence-corrected chi connectivity index (χ1v) is 7.55. The highest BCUT2D eigenvalue weighted by Gasteiger charge is 2.18. The Morgan fingerprint density at radius 3 is 2.39 bits per heavy atom. The van der Waals surface area contributed by atoms with Crippen LogP contribution in [0.25, 0.3) is 0 Å². The van der Waals surface area contributed by atoms with Crippen LogP contribution in [-0.2, 0) is 10.0 Å². The number of nitrogen functional groups attached to an aromatic ring is 1. The van der Waals surface area contributed by atoms with Crippen LogP contribution in [0.5, 0.6) is 0 Å². The van der Waals surface area contributed by atoms with Crippen molar-refractivity contribution in [1.82, 2.24) is 10.2 Å². The molecule has 0 bridgehead atoms. The molecule has 0 saturated heterocycles. The summed E-state index contributed by atoms with van der Waals surface area (Å²) < 4.78 is 26.2. The van der Waals surface area contributed by atoms with Gasteiger partial charge in [-0.3, -0.25) is 4.72 Å². The van der Waals surface area contributed by atoms with Gasteiger partial charge in [-0.2, -0.15) is 0 Å². The van der Waals surface area contributed by atoms with Crippen LogP contribution in [0.1, 0.15) is 0 Å². The van der Waals surface area contributed by atoms with Crippen molar-refractivity contribution in [1.29, 1.82) is 0 Å². The highest BCUT2D eigenvalue weighted by molar-refractivity contribution is 7.93. The van der Waals surface area contributed by atoms with E-state index in [4.69, 9.17) is 28.9 Å². The molecule has 1 aromatic heterocycles. The maximum atomic E-state index is 12.0. The van der Waals surface area contributed by atoms with Gasteiger partial charge in [0.15, 0.2) is 0 Å². The predicted molar refractivity (Wildman–Crippen MR) is 71.6 cm³/mol. The van der Waals surface area contributed by atoms with Crippen LogP contribution < -0.4 is 10.5 Å². The predicted octanol–water partition coefficient (Wildman–Crippen LogP) is 2.23. The molecule has 0 saturated carbocycles. The van der Waals surface area contributed by atoms with Crippen molar-refractivity contribution in [2.24, 2.45) is 0 Å². The number of nitrogens with one attached hydrogen (secondary N) is 1. The number of benzene rings is 1. The fourth-order valence-corrected chi connectivity index (χ4v) is 3.47. The largest absolute Gasteiger partial charge is 0.396 e. The number of hydrogen-bond acceptors (Lipinski definition) is 6. The van der Waals surface area contributed by atoms with Crippen LogP contribution in [0.15, 0.2) is 22.5 Å². The minimum absolute atomic E-state index is 0.0696. The van der Waals surface area contributed by atoms with Gasteiger partial charge in [-0.15, -0.1) is 10.2 Å². The third-order valence-corrected chi connectivity index (χ3v) is 4.62. The second-order valence-electron chi connectivity index (χ2n) is 3.15. The molecule has 0 fully saturated rings. The van der Waals surface area contributed by atoms with E-state index in [2.05, 4.69) is 14.9 Å². The Morgan fingerprint density at radius 2 is 1.89 bits per heavy atom. The summed E-state index contributed by atoms with van der Waals surface area (Å²) in [6, 6.07) is 2.43. The lowest BCUT2D eigenvalue weighted by Gasteiger charge is -2.07. The Labute approximate surface area is 117 Å². The van der Waals surface area contributed by atoms with Gasteiger partial charge in [-0.1, -0.05) is 34.5 Å². The van der Waals surface area contributed by atoms with Gasteiger partial charge in [0.1, 0.15) is 5.51 Å². The lowest BCUT2D eigenvalue weighted by molar-refractivity contribution is 0.601. The van der Waals surface area contributed by atoms with Crippen LogP contribution >= 0.6 is 34.5 Å². The summed E-state index contributed by atoms with van der Waals surface area (Å²) in [5.41, 5.74) is 7.07. The summed E-state index contributed by atoms with van der Waals surface area (Å²) in [5, 5.41) is 7.39. The molecule has 0 spiro atoms. The third-order valence-electron chi connectivity index (χ3n) is 1.94. The first-order chi connectivity index (χ1) is 8.40. The minimum Gasteiger partial charge on any atom is -0.396 e. The highest BCUT2D eigenvalue weighted by Crippen LogP contribution is 2.31. The van der Waals surface area contributed by atoms with Gasteiger partial charge >= 0.3 is 0 Å². The van der Waals surface area contributed by atoms with Gasteiger partial charge in [0.2, 0.25) is 5.13 Å². The molecule has 1 aromatic carbocycles. The molecule has 0 radical (unpaired) electrons. The topological polar surface area (TPSA) is 98.0 Å². The van der Waals surface area contributed by atoms with Crippen LogP contribution in [0.4, 0.5) is 10.8 Å². The zero-order chi connectivity index (χ0) is 13.3. The molecule has 18 heavy (non-hydrogen) atoms. The molecule has 0 atom stereocenters. The second kappa shape index (κ2) is 4.88. The summed E-state index contributed by atoms with van der Waals surface area (Å²) in [6.07, 6.45) is 0. The van der Waals surface area contributed by atoms with Gasteiger partial charge in [0.05, 0.1) is 20.6 Å². The molecule has 6 nitrogen and oxygen atoms in total. The average molecular weight is 325 g/mol. The SMILES string of the molecule is Nc1c(Cl)cc(S(=O)(=O)Nc2nncs2)cc1Cl. The van der Waals surface area contributed by atoms with Crippen LogP contribution in [0.2, 0.25) is 10.0 Å². The Bertz CT molecular complexity index is 649. The van der Waals surface area contributed by atoms with E-state index in [1.807, 2.05) is 0 Å². The quantitative estimate of drug-likeness (QED) is 0.843. The van der Waals surface area contributed by atoms with Crippen molar-refractivity contribution >= 4 is 55.4 Å². The Morgan fingerprint density at radius 1 is 1.28 bits per heavy atom. The molecule has 2 rings (SSSR count). The Hall–Kier alpha value is -1.09. The van der Waals surface area contributed by atoms with Crippen LogP contribution in [0.3, 0.4) is 0 Å². The van der Waals surface area contributed by atoms with Crippen molar-refractivity contribution in [3.8, 4) is 0 Å². The number of anilines is 2. The van der Waals surface area contributed by atoms with Crippen molar-refractivity contribution in [3.05, 3.63) is 27.7 Å². The van der Waals surface area contributed by atoms with E-state index in [-0.39, 0.29) is 25.8 Å². The van der Waals surface area contributed by atoms with E-state index in [1.165, 1.54) is 17.6 Å². The normalized spacial score (nSPS) is 11.4. The monoisotopic (exact) mass is 324 g/mol. The van der Waals surface area contributed by atoms with Crippen LogP contribution in [-0.4, -0.2) is 18.6 Å². The number of halogens is 2. The van der Waals surface area contributed by atoms with E-state index >= 15 is 0 Å². The van der Waals surface area contributed by atoms with Crippen molar-refractivity contribution in [2.75, 3.05) is 10.5 Å². The number of nitrogens with two attached hydrogens (primary N) is 1. The number of sulfonamides is 1. The summed E-state index contributed by atoms with van der Waals surface area (Å²) in [6.45, 7) is 0. The van der Waals surface area contributed by atoms with E-state index in [1.54, 1.807) is 0 Å². The standard InChI is InChI=1S/C8H6Cl2N4O2S2/c9-5-1-4(2-6(10)7(5)11)18(15,16)14-8-13-12-3-17-8/h1-3H,11H2,(H,13,14). The van der Waals surface area contributed by atoms with E-state index in [0.717, 1.165) is 11.3 Å². The van der Waals surface area contributed by atoms with Crippen molar-refractivity contribution < 1.29 is 8.42 Å². The first-order valence-electron chi connectivity index (χ1n) is 4.43. The summed E-state index contributed by atoms with van der Waals surface area (Å²) in [5.74, 6) is 0. The van der Waals surface area contributed by atoms with E-state index < -0.39 is 10.0 Å². The van der Waals surface area contributed by atoms with Gasteiger partial charge in [0.25, 0.3) is 10.0 Å². The molecule has 0 amide bonds. The number of hydrogen-bond donors (Lipinski definition) is 2. The molecule has 0 unspecified atom stereocenters. The molecule has 0 aliphatic heterocycles. The molecule has 2 aromatic rings. The summed E-state index contributed by atoms with van der Waals surface area (Å²) in [7, 11) is -3.81. The van der Waals surface area contributed by atoms with E-state index in [9.17, 15) is 8.42 Å². The number of aromatic nitrogens is 2. The zero-order valence-electron chi connectivity index (χ0n) is 8.59. The fraction of sp³-hybridized carbons (Fsp3) is 0. The highest BCUT2D eigenvalue weighted by atomic mass is 35.5. The second-order valence-corrected chi connectivity index (χ2v) is 6.48. The van der Waals surface area contributed by atoms with Crippen molar-refractivity contribution in [3.63, 3.8) is 0 Å². The Kier molecular flexibility index (Phi) is 3.62. The van der Waals surface area contributed by atoms with Gasteiger partial charge in [-0.25, -0.2) is 8.42 Å². The molecule has 3 N–H and O–H groups in total. The number of rotatable bonds is 3. The summed E-state index contributed by atoms with van der Waals surface area (Å²) >= 11 is 12.6. The lowest BCUT2D eigenvalue weighted by Crippen LogP contribution is -2.13. The molecule has 1 heterocycles. The minimum atomic E-state index is -3.81. The van der Waals surface area contributed by atoms with Gasteiger partial charge in [0, 0.05) is 0 Å². The molecule has 96 valence electrons. The zero-order valence-corrected chi connectivity index (χ0v) is 11.7. The Balaban J connectivity index is 2.42. The van der Waals surface area contributed by atoms with Crippen molar-refractivity contribution in [2.45, 2.75) is 4.90 Å². The molecular weight excluding hydrogens is 319 g/mol. The molecular formula is C8H6Cl2N4O2S2. The third kappa shape index (κ3) is 2.66. The molecule has 0 aliphatic rings. The fourth-order valence-electron chi connectivity index (χ4n) is 1.11. The maximum Gasteiger partial charge on any atom is 0.263 e. The lowest BCUT2D eigenvalue weighted by atomic mass is 10.3. The molecule has 10 heteroatoms. The maximum absolute atomic E-state index is 12.0. The smallest absolute Gasteiger partial charge is 0.263 e. The first kappa shape index (κ1) is 13.3. The van der Waals surface area contributed by atoms with Gasteiger partial charge < -0.3 is 5.73 Å². The average Bonchev–Trinajstić information content (AvgIpc) is 2.77. The molecule has 0 aliphatic carbocycles. The number of nitrogens with zero attached hydrogens (tertiary/aromatic N) is 2.